The lowest BCUT2D eigenvalue weighted by molar-refractivity contribution is 0.000446. The van der Waals surface area contributed by atoms with Crippen molar-refractivity contribution in [3.05, 3.63) is 0 Å². The molecule has 1 heteroatoms. The molecule has 0 unspecified atom stereocenters. The molecule has 0 heterocycles. The Balaban J connectivity index is 2.52. The van der Waals surface area contributed by atoms with Crippen molar-refractivity contribution in [2.75, 3.05) is 0 Å². The minimum absolute atomic E-state index is 0.378. The molecule has 0 amide bonds. The molecular formula is C9H18O. The lowest BCUT2D eigenvalue weighted by atomic mass is 9.87. The summed E-state index contributed by atoms with van der Waals surface area (Å²) in [6.45, 7) is 4.13. The number of hydrogen-bond donors (Lipinski definition) is 1. The van der Waals surface area contributed by atoms with Crippen LogP contribution >= 0.6 is 0 Å². The number of hydrogen-bond acceptors (Lipinski definition) is 1. The summed E-state index contributed by atoms with van der Waals surface area (Å²) in [7, 11) is 0. The zero-order valence-electron chi connectivity index (χ0n) is 7.06. The molecule has 1 aliphatic carbocycles. The van der Waals surface area contributed by atoms with Crippen LogP contribution in [0.2, 0.25) is 0 Å². The zero-order valence-corrected chi connectivity index (χ0v) is 7.06. The van der Waals surface area contributed by atoms with Gasteiger partial charge >= 0.3 is 0 Å². The summed E-state index contributed by atoms with van der Waals surface area (Å²) in [4.78, 5) is 0. The van der Waals surface area contributed by atoms with E-state index in [2.05, 4.69) is 6.92 Å². The molecule has 0 aliphatic heterocycles. The van der Waals surface area contributed by atoms with E-state index < -0.39 is 0 Å². The first kappa shape index (κ1) is 8.06. The molecule has 10 heavy (non-hydrogen) atoms. The van der Waals surface area contributed by atoms with Crippen LogP contribution in [0.25, 0.3) is 0 Å². The molecule has 2 atom stereocenters. The van der Waals surface area contributed by atoms with Gasteiger partial charge in [-0.25, -0.2) is 0 Å². The molecular weight excluding hydrogens is 124 g/mol. The summed E-state index contributed by atoms with van der Waals surface area (Å²) in [5, 5.41) is 9.82. The van der Waals surface area contributed by atoms with Crippen LogP contribution in [0.5, 0.6) is 0 Å². The molecule has 0 radical (unpaired) electrons. The van der Waals surface area contributed by atoms with Crippen molar-refractivity contribution in [2.24, 2.45) is 5.92 Å². The van der Waals surface area contributed by atoms with E-state index in [-0.39, 0.29) is 5.60 Å². The summed E-state index contributed by atoms with van der Waals surface area (Å²) < 4.78 is 0. The summed E-state index contributed by atoms with van der Waals surface area (Å²) >= 11 is 0. The van der Waals surface area contributed by atoms with E-state index in [1.165, 1.54) is 25.7 Å². The SMILES string of the molecule is C[C@H]1CCCCC[C@@]1(C)O. The maximum absolute atomic E-state index is 9.82. The lowest BCUT2D eigenvalue weighted by Crippen LogP contribution is -2.31. The average molecular weight is 142 g/mol. The Morgan fingerprint density at radius 1 is 1.30 bits per heavy atom. The van der Waals surface area contributed by atoms with E-state index >= 15 is 0 Å². The fraction of sp³-hybridized carbons (Fsp3) is 1.00. The highest BCUT2D eigenvalue weighted by Crippen LogP contribution is 2.31. The molecule has 1 fully saturated rings. The first-order valence-electron chi connectivity index (χ1n) is 4.35. The third-order valence-electron chi connectivity index (χ3n) is 2.88. The van der Waals surface area contributed by atoms with Gasteiger partial charge in [0.25, 0.3) is 0 Å². The van der Waals surface area contributed by atoms with Crippen LogP contribution in [0, 0.1) is 5.92 Å². The third-order valence-corrected chi connectivity index (χ3v) is 2.88. The molecule has 60 valence electrons. The predicted molar refractivity (Wildman–Crippen MR) is 42.9 cm³/mol. The fourth-order valence-corrected chi connectivity index (χ4v) is 1.67. The van der Waals surface area contributed by atoms with E-state index in [0.717, 1.165) is 6.42 Å². The van der Waals surface area contributed by atoms with Crippen LogP contribution in [-0.2, 0) is 0 Å². The summed E-state index contributed by atoms with van der Waals surface area (Å²) in [5.74, 6) is 0.495. The Kier molecular flexibility index (Phi) is 2.35. The topological polar surface area (TPSA) is 20.2 Å². The van der Waals surface area contributed by atoms with E-state index in [9.17, 15) is 5.11 Å². The normalized spacial score (nSPS) is 42.9. The first-order chi connectivity index (χ1) is 4.63. The zero-order chi connectivity index (χ0) is 7.61. The van der Waals surface area contributed by atoms with Gasteiger partial charge < -0.3 is 5.11 Å². The highest BCUT2D eigenvalue weighted by atomic mass is 16.3. The average Bonchev–Trinajstić information content (AvgIpc) is 1.96. The van der Waals surface area contributed by atoms with Crippen LogP contribution in [0.3, 0.4) is 0 Å². The second-order valence-electron chi connectivity index (χ2n) is 3.86. The molecule has 1 saturated carbocycles. The largest absolute Gasteiger partial charge is 0.390 e. The Labute approximate surface area is 63.4 Å². The molecule has 1 N–H and O–H groups in total. The number of aliphatic hydroxyl groups is 1. The van der Waals surface area contributed by atoms with Crippen molar-refractivity contribution in [1.82, 2.24) is 0 Å². The van der Waals surface area contributed by atoms with Gasteiger partial charge in [-0.1, -0.05) is 26.2 Å². The third kappa shape index (κ3) is 1.72. The molecule has 0 saturated heterocycles. The molecule has 0 aromatic rings. The van der Waals surface area contributed by atoms with Crippen LogP contribution in [0.4, 0.5) is 0 Å². The summed E-state index contributed by atoms with van der Waals surface area (Å²) in [5.41, 5.74) is -0.378. The van der Waals surface area contributed by atoms with E-state index in [0.29, 0.717) is 5.92 Å². The van der Waals surface area contributed by atoms with Gasteiger partial charge in [0.05, 0.1) is 5.60 Å². The van der Waals surface area contributed by atoms with Crippen molar-refractivity contribution in [3.8, 4) is 0 Å². The second-order valence-corrected chi connectivity index (χ2v) is 3.86. The highest BCUT2D eigenvalue weighted by molar-refractivity contribution is 4.81. The van der Waals surface area contributed by atoms with Crippen LogP contribution < -0.4 is 0 Å². The van der Waals surface area contributed by atoms with E-state index in [1.54, 1.807) is 0 Å². The van der Waals surface area contributed by atoms with Gasteiger partial charge in [0.1, 0.15) is 0 Å². The maximum Gasteiger partial charge on any atom is 0.0645 e. The van der Waals surface area contributed by atoms with Crippen molar-refractivity contribution < 1.29 is 5.11 Å². The van der Waals surface area contributed by atoms with E-state index in [4.69, 9.17) is 0 Å². The molecule has 0 spiro atoms. The van der Waals surface area contributed by atoms with Crippen molar-refractivity contribution in [2.45, 2.75) is 51.6 Å². The Morgan fingerprint density at radius 3 is 2.70 bits per heavy atom. The first-order valence-corrected chi connectivity index (χ1v) is 4.35. The van der Waals surface area contributed by atoms with Crippen LogP contribution in [0.15, 0.2) is 0 Å². The van der Waals surface area contributed by atoms with Gasteiger partial charge in [0.2, 0.25) is 0 Å². The Morgan fingerprint density at radius 2 is 2.00 bits per heavy atom. The van der Waals surface area contributed by atoms with Gasteiger partial charge in [-0.15, -0.1) is 0 Å². The molecule has 0 aromatic carbocycles. The predicted octanol–water partition coefficient (Wildman–Crippen LogP) is 2.34. The minimum Gasteiger partial charge on any atom is -0.390 e. The molecule has 1 rings (SSSR count). The minimum atomic E-state index is -0.378. The smallest absolute Gasteiger partial charge is 0.0645 e. The Hall–Kier alpha value is -0.0400. The Bertz CT molecular complexity index is 107. The van der Waals surface area contributed by atoms with Crippen molar-refractivity contribution in [3.63, 3.8) is 0 Å². The highest BCUT2D eigenvalue weighted by Gasteiger charge is 2.28. The summed E-state index contributed by atoms with van der Waals surface area (Å²) in [6.07, 6.45) is 6.01. The van der Waals surface area contributed by atoms with Crippen molar-refractivity contribution in [1.29, 1.82) is 0 Å². The standard InChI is InChI=1S/C9H18O/c1-8-6-4-3-5-7-9(8,2)10/h8,10H,3-7H2,1-2H3/t8-,9+/m0/s1. The van der Waals surface area contributed by atoms with Gasteiger partial charge in [0.15, 0.2) is 0 Å². The van der Waals surface area contributed by atoms with Gasteiger partial charge in [-0.3, -0.25) is 0 Å². The van der Waals surface area contributed by atoms with Gasteiger partial charge in [-0.2, -0.15) is 0 Å². The fourth-order valence-electron chi connectivity index (χ4n) is 1.67. The number of rotatable bonds is 0. The molecule has 1 aliphatic rings. The maximum atomic E-state index is 9.82. The quantitative estimate of drug-likeness (QED) is 0.515. The van der Waals surface area contributed by atoms with Gasteiger partial charge in [-0.05, 0) is 25.7 Å². The molecule has 1 nitrogen and oxygen atoms in total. The molecule has 0 aromatic heterocycles. The summed E-state index contributed by atoms with van der Waals surface area (Å²) in [6, 6.07) is 0. The van der Waals surface area contributed by atoms with Crippen LogP contribution in [-0.4, -0.2) is 10.7 Å². The van der Waals surface area contributed by atoms with Gasteiger partial charge in [0, 0.05) is 0 Å². The monoisotopic (exact) mass is 142 g/mol. The van der Waals surface area contributed by atoms with Crippen molar-refractivity contribution >= 4 is 0 Å². The second kappa shape index (κ2) is 2.91. The van der Waals surface area contributed by atoms with Crippen LogP contribution in [0.1, 0.15) is 46.0 Å². The lowest BCUT2D eigenvalue weighted by Gasteiger charge is -2.27. The molecule has 0 bridgehead atoms. The van der Waals surface area contributed by atoms with E-state index in [1.807, 2.05) is 6.92 Å².